The van der Waals surface area contributed by atoms with Gasteiger partial charge in [0.05, 0.1) is 17.3 Å². The van der Waals surface area contributed by atoms with E-state index in [1.807, 2.05) is 0 Å². The molecule has 0 atom stereocenters. The first-order valence-corrected chi connectivity index (χ1v) is 19.3. The summed E-state index contributed by atoms with van der Waals surface area (Å²) in [5, 5.41) is 11.1. The number of nitriles is 1. The molecule has 4 fully saturated rings. The van der Waals surface area contributed by atoms with Crippen molar-refractivity contribution in [3.05, 3.63) is 161 Å². The number of nitrogens with zero attached hydrogens (tertiary/aromatic N) is 2. The molecule has 52 heavy (non-hydrogen) atoms. The van der Waals surface area contributed by atoms with Crippen LogP contribution in [0.2, 0.25) is 0 Å². The summed E-state index contributed by atoms with van der Waals surface area (Å²) in [7, 11) is 0. The van der Waals surface area contributed by atoms with E-state index in [0.717, 1.165) is 28.8 Å². The summed E-state index contributed by atoms with van der Waals surface area (Å²) in [5.74, 6) is 2.97. The lowest BCUT2D eigenvalue weighted by Crippen LogP contribution is -2.55. The Bertz CT molecular complexity index is 2430. The molecule has 0 aromatic heterocycles. The number of hydrogen-bond donors (Lipinski definition) is 0. The molecule has 0 amide bonds. The van der Waals surface area contributed by atoms with Crippen LogP contribution in [0.25, 0.3) is 33.4 Å². The number of rotatable bonds is 4. The Balaban J connectivity index is 1.18. The van der Waals surface area contributed by atoms with Crippen LogP contribution in [0.1, 0.15) is 73.8 Å². The minimum absolute atomic E-state index is 0.0307. The average molecular weight is 671 g/mol. The largest absolute Gasteiger partial charge is 0.310 e. The molecular weight excluding hydrogens is 629 g/mol. The maximum atomic E-state index is 11.1. The van der Waals surface area contributed by atoms with Crippen molar-refractivity contribution in [1.82, 2.24) is 0 Å². The van der Waals surface area contributed by atoms with Gasteiger partial charge in [-0.2, -0.15) is 5.26 Å². The molecule has 4 bridgehead atoms. The van der Waals surface area contributed by atoms with Crippen LogP contribution < -0.4 is 4.90 Å². The molecule has 6 aliphatic rings. The van der Waals surface area contributed by atoms with Crippen molar-refractivity contribution >= 4 is 17.1 Å². The highest BCUT2D eigenvalue weighted by atomic mass is 15.1. The first kappa shape index (κ1) is 30.3. The van der Waals surface area contributed by atoms with Gasteiger partial charge in [-0.3, -0.25) is 0 Å². The van der Waals surface area contributed by atoms with Crippen LogP contribution in [0.3, 0.4) is 0 Å². The van der Waals surface area contributed by atoms with Gasteiger partial charge in [0.25, 0.3) is 0 Å². The van der Waals surface area contributed by atoms with Gasteiger partial charge in [0.15, 0.2) is 0 Å². The van der Waals surface area contributed by atoms with Crippen LogP contribution in [0, 0.1) is 35.0 Å². The molecule has 4 saturated carbocycles. The van der Waals surface area contributed by atoms with E-state index in [-0.39, 0.29) is 10.8 Å². The quantitative estimate of drug-likeness (QED) is 0.187. The van der Waals surface area contributed by atoms with Crippen molar-refractivity contribution < 1.29 is 0 Å². The van der Waals surface area contributed by atoms with Gasteiger partial charge in [-0.05, 0) is 131 Å². The number of fused-ring (bicyclic) bond motifs is 6. The Morgan fingerprint density at radius 1 is 0.538 bits per heavy atom. The first-order chi connectivity index (χ1) is 25.5. The molecule has 0 N–H and O–H groups in total. The second kappa shape index (κ2) is 10.8. The van der Waals surface area contributed by atoms with E-state index in [4.69, 9.17) is 0 Å². The fourth-order valence-electron chi connectivity index (χ4n) is 12.3. The molecular formula is C50H42N2. The third kappa shape index (κ3) is 3.95. The minimum Gasteiger partial charge on any atom is -0.310 e. The third-order valence-corrected chi connectivity index (χ3v) is 14.1. The van der Waals surface area contributed by atoms with Crippen LogP contribution in [0.15, 0.2) is 133 Å². The van der Waals surface area contributed by atoms with Gasteiger partial charge in [0, 0.05) is 33.3 Å². The molecule has 6 aromatic carbocycles. The Hall–Kier alpha value is -5.39. The van der Waals surface area contributed by atoms with Crippen LogP contribution in [-0.4, -0.2) is 0 Å². The predicted molar refractivity (Wildman–Crippen MR) is 212 cm³/mol. The number of hydrogen-bond acceptors (Lipinski definition) is 2. The van der Waals surface area contributed by atoms with E-state index in [9.17, 15) is 5.26 Å². The predicted octanol–water partition coefficient (Wildman–Crippen LogP) is 12.7. The van der Waals surface area contributed by atoms with Crippen LogP contribution in [0.5, 0.6) is 0 Å². The maximum Gasteiger partial charge on any atom is 0.0999 e. The molecule has 12 rings (SSSR count). The highest BCUT2D eigenvalue weighted by molar-refractivity contribution is 5.97. The van der Waals surface area contributed by atoms with Crippen LogP contribution in [0.4, 0.5) is 17.1 Å². The lowest BCUT2D eigenvalue weighted by Gasteiger charge is -2.61. The highest BCUT2D eigenvalue weighted by Crippen LogP contribution is 2.70. The average Bonchev–Trinajstić information content (AvgIpc) is 3.60. The molecule has 252 valence electrons. The maximum absolute atomic E-state index is 11.1. The fraction of sp³-hybridized carbons (Fsp3) is 0.260. The van der Waals surface area contributed by atoms with E-state index in [0.29, 0.717) is 11.8 Å². The van der Waals surface area contributed by atoms with E-state index in [1.54, 1.807) is 0 Å². The summed E-state index contributed by atoms with van der Waals surface area (Å²) in [6, 6.07) is 52.2. The fourth-order valence-corrected chi connectivity index (χ4v) is 12.3. The molecule has 0 aliphatic heterocycles. The topological polar surface area (TPSA) is 27.0 Å². The molecule has 1 spiro atoms. The normalized spacial score (nSPS) is 24.9. The lowest BCUT2D eigenvalue weighted by molar-refractivity contribution is -0.0399. The zero-order valence-electron chi connectivity index (χ0n) is 29.9. The Kier molecular flexibility index (Phi) is 6.29. The molecule has 6 aromatic rings. The molecule has 0 radical (unpaired) electrons. The summed E-state index contributed by atoms with van der Waals surface area (Å²) in [4.78, 5) is 2.47. The first-order valence-electron chi connectivity index (χ1n) is 19.3. The molecule has 2 heteroatoms. The highest BCUT2D eigenvalue weighted by Gasteiger charge is 2.62. The summed E-state index contributed by atoms with van der Waals surface area (Å²) in [6.07, 6.45) is 6.68. The number of benzene rings is 6. The standard InChI is InChI=1S/C50H42N2/c1-49(2)42-15-8-6-13-40(42)48-44(49)17-10-18-46(48)52(38-21-19-34(20-22-38)33-11-4-3-5-12-33)39-28-35(30-51)47-41-14-7-9-16-43(41)50(45(47)29-39)36-24-31-23-32(26-36)27-37(50)25-31/h3-22,28-29,31-32,36-37H,23-27H2,1-2H3. The van der Waals surface area contributed by atoms with Crippen molar-refractivity contribution in [2.24, 2.45) is 23.7 Å². The summed E-state index contributed by atoms with van der Waals surface area (Å²) < 4.78 is 0. The SMILES string of the molecule is CC1(C)c2ccccc2-c2c(N(c3ccc(-c4ccccc4)cc3)c3cc(C#N)c4c(c3)C3(c5ccccc5-4)C4CC5CC(C4)CC3C5)cccc21. The minimum atomic E-state index is -0.118. The van der Waals surface area contributed by atoms with Gasteiger partial charge in [0.1, 0.15) is 0 Å². The van der Waals surface area contributed by atoms with E-state index in [2.05, 4.69) is 158 Å². The third-order valence-electron chi connectivity index (χ3n) is 14.1. The van der Waals surface area contributed by atoms with Crippen molar-refractivity contribution in [1.29, 1.82) is 5.26 Å². The molecule has 0 heterocycles. The van der Waals surface area contributed by atoms with E-state index < -0.39 is 0 Å². The number of anilines is 3. The summed E-state index contributed by atoms with van der Waals surface area (Å²) in [5.41, 5.74) is 17.1. The van der Waals surface area contributed by atoms with Crippen molar-refractivity contribution in [2.75, 3.05) is 4.90 Å². The Morgan fingerprint density at radius 3 is 1.83 bits per heavy atom. The van der Waals surface area contributed by atoms with Gasteiger partial charge in [-0.15, -0.1) is 0 Å². The van der Waals surface area contributed by atoms with Gasteiger partial charge >= 0.3 is 0 Å². The zero-order chi connectivity index (χ0) is 34.8. The van der Waals surface area contributed by atoms with Crippen LogP contribution in [-0.2, 0) is 10.8 Å². The lowest BCUT2D eigenvalue weighted by atomic mass is 9.43. The zero-order valence-corrected chi connectivity index (χ0v) is 29.9. The smallest absolute Gasteiger partial charge is 0.0999 e. The van der Waals surface area contributed by atoms with Crippen molar-refractivity contribution in [2.45, 2.75) is 56.8 Å². The molecule has 0 unspecified atom stereocenters. The van der Waals surface area contributed by atoms with Gasteiger partial charge in [-0.1, -0.05) is 117 Å². The second-order valence-electron chi connectivity index (χ2n) is 16.9. The molecule has 6 aliphatic carbocycles. The van der Waals surface area contributed by atoms with Crippen LogP contribution >= 0.6 is 0 Å². The Labute approximate surface area is 307 Å². The van der Waals surface area contributed by atoms with Gasteiger partial charge < -0.3 is 4.90 Å². The molecule has 0 saturated heterocycles. The van der Waals surface area contributed by atoms with Gasteiger partial charge in [-0.25, -0.2) is 0 Å². The monoisotopic (exact) mass is 670 g/mol. The van der Waals surface area contributed by atoms with E-state index in [1.165, 1.54) is 93.4 Å². The molecule has 2 nitrogen and oxygen atoms in total. The van der Waals surface area contributed by atoms with Gasteiger partial charge in [0.2, 0.25) is 0 Å². The second-order valence-corrected chi connectivity index (χ2v) is 16.9. The Morgan fingerprint density at radius 2 is 1.13 bits per heavy atom. The summed E-state index contributed by atoms with van der Waals surface area (Å²) in [6.45, 7) is 4.72. The summed E-state index contributed by atoms with van der Waals surface area (Å²) >= 11 is 0. The van der Waals surface area contributed by atoms with Crippen molar-refractivity contribution in [3.8, 4) is 39.4 Å². The van der Waals surface area contributed by atoms with E-state index >= 15 is 0 Å². The van der Waals surface area contributed by atoms with Crippen molar-refractivity contribution in [3.63, 3.8) is 0 Å².